The minimum Gasteiger partial charge on any atom is -0.383 e. The number of nitrogen functional groups attached to an aromatic ring is 1. The summed E-state index contributed by atoms with van der Waals surface area (Å²) in [7, 11) is -3.60. The molecule has 2 aromatic heterocycles. The lowest BCUT2D eigenvalue weighted by molar-refractivity contribution is -0.117. The Hall–Kier alpha value is -2.80. The number of nitrogens with two attached hydrogens (primary N) is 1. The molecule has 1 atom stereocenters. The second-order valence-electron chi connectivity index (χ2n) is 6.43. The quantitative estimate of drug-likeness (QED) is 0.463. The Balaban J connectivity index is 2.13. The number of rotatable bonds is 6. The molecule has 0 aromatic carbocycles. The number of aromatic nitrogens is 3. The van der Waals surface area contributed by atoms with Crippen LogP contribution >= 0.6 is 15.9 Å². The normalized spacial score (nSPS) is 18.9. The largest absolute Gasteiger partial charge is 0.383 e. The number of nitrogens with zero attached hydrogens (tertiary/aromatic N) is 4. The molecule has 1 aliphatic carbocycles. The highest BCUT2D eigenvalue weighted by atomic mass is 79.9. The Morgan fingerprint density at radius 2 is 2.13 bits per heavy atom. The van der Waals surface area contributed by atoms with Crippen LogP contribution in [0.4, 0.5) is 23.1 Å². The summed E-state index contributed by atoms with van der Waals surface area (Å²) in [5.41, 5.74) is 5.18. The Labute approximate surface area is 190 Å². The minimum atomic E-state index is -3.60. The maximum absolute atomic E-state index is 13.3. The maximum Gasteiger partial charge on any atom is 0.273 e. The first-order chi connectivity index (χ1) is 16.4. The van der Waals surface area contributed by atoms with Crippen LogP contribution in [-0.2, 0) is 14.5 Å². The molecule has 160 valence electrons. The van der Waals surface area contributed by atoms with E-state index >= 15 is 0 Å². The summed E-state index contributed by atoms with van der Waals surface area (Å²) in [6, 6.07) is 2.46. The molecule has 5 N–H and O–H groups in total. The first kappa shape index (κ1) is 15.1. The summed E-state index contributed by atoms with van der Waals surface area (Å²) < 4.78 is 60.9. The lowest BCUT2D eigenvalue weighted by Crippen LogP contribution is -2.23. The van der Waals surface area contributed by atoms with E-state index in [2.05, 4.69) is 46.1 Å². The number of anilines is 4. The molecular formula is C17H21BrN8O3S. The van der Waals surface area contributed by atoms with Crippen LogP contribution in [0.15, 0.2) is 25.9 Å². The van der Waals surface area contributed by atoms with Crippen LogP contribution in [0.25, 0.3) is 0 Å². The topological polar surface area (TPSA) is 164 Å². The number of pyridine rings is 1. The standard InChI is InChI=1S/C17H21BrN8O3S/c1-20-17(28)13-10(7-12(25-26-13)23-16(27)8-4-5-8)22-15-11(30(3,29)21-2)6-9(18)14(19)24-15/h6-8H,4-5H2,1-3H3,(H,20,28)(H4,19,22,23,24,25,27)/t30-/m1/s1/i1D3,2D3. The number of hydrogen-bond donors (Lipinski definition) is 4. The maximum atomic E-state index is 13.3. The van der Waals surface area contributed by atoms with Crippen LogP contribution < -0.4 is 21.7 Å². The molecule has 0 radical (unpaired) electrons. The lowest BCUT2D eigenvalue weighted by atomic mass is 10.2. The molecule has 3 rings (SSSR count). The van der Waals surface area contributed by atoms with E-state index in [1.165, 1.54) is 12.1 Å². The van der Waals surface area contributed by atoms with E-state index in [0.29, 0.717) is 12.8 Å². The van der Waals surface area contributed by atoms with Crippen molar-refractivity contribution < 1.29 is 22.0 Å². The Morgan fingerprint density at radius 1 is 1.37 bits per heavy atom. The van der Waals surface area contributed by atoms with Crippen molar-refractivity contribution in [1.29, 1.82) is 0 Å². The van der Waals surface area contributed by atoms with E-state index in [1.54, 1.807) is 5.32 Å². The zero-order valence-corrected chi connectivity index (χ0v) is 17.9. The van der Waals surface area contributed by atoms with Gasteiger partial charge in [0.15, 0.2) is 11.5 Å². The average Bonchev–Trinajstić information content (AvgIpc) is 3.53. The first-order valence-electron chi connectivity index (χ1n) is 11.4. The van der Waals surface area contributed by atoms with E-state index in [4.69, 9.17) is 14.0 Å². The third-order valence-corrected chi connectivity index (χ3v) is 6.24. The van der Waals surface area contributed by atoms with Crippen LogP contribution in [0.5, 0.6) is 0 Å². The van der Waals surface area contributed by atoms with Gasteiger partial charge in [-0.25, -0.2) is 13.6 Å². The molecule has 2 heterocycles. The van der Waals surface area contributed by atoms with E-state index in [-0.39, 0.29) is 44.3 Å². The Morgan fingerprint density at radius 3 is 2.80 bits per heavy atom. The second-order valence-corrected chi connectivity index (χ2v) is 9.51. The molecule has 0 aliphatic heterocycles. The molecule has 0 unspecified atom stereocenters. The van der Waals surface area contributed by atoms with Gasteiger partial charge in [0, 0.05) is 40.4 Å². The van der Waals surface area contributed by atoms with Crippen LogP contribution in [0, 0.1) is 5.92 Å². The molecule has 0 bridgehead atoms. The SMILES string of the molecule is [2H]C([2H])([2H])N=[S@](C)(=O)c1cc(Br)c(N)nc1Nc1cc(NC(=O)C2CC2)nnc1C(=O)NC([2H])([2H])[2H]. The summed E-state index contributed by atoms with van der Waals surface area (Å²) in [6.07, 6.45) is 2.51. The molecule has 0 saturated heterocycles. The zero-order chi connectivity index (χ0) is 27.1. The van der Waals surface area contributed by atoms with Crippen molar-refractivity contribution >= 4 is 60.6 Å². The van der Waals surface area contributed by atoms with Crippen LogP contribution in [0.3, 0.4) is 0 Å². The van der Waals surface area contributed by atoms with Gasteiger partial charge in [-0.2, -0.15) is 0 Å². The lowest BCUT2D eigenvalue weighted by Gasteiger charge is -2.16. The molecule has 1 saturated carbocycles. The van der Waals surface area contributed by atoms with Gasteiger partial charge in [-0.05, 0) is 34.8 Å². The molecule has 1 aliphatic rings. The second kappa shape index (κ2) is 8.52. The van der Waals surface area contributed by atoms with Gasteiger partial charge in [0.05, 0.1) is 24.8 Å². The summed E-state index contributed by atoms with van der Waals surface area (Å²) in [6.45, 7) is -5.75. The fourth-order valence-electron chi connectivity index (χ4n) is 2.39. The van der Waals surface area contributed by atoms with Gasteiger partial charge in [-0.3, -0.25) is 9.59 Å². The average molecular weight is 503 g/mol. The van der Waals surface area contributed by atoms with Gasteiger partial charge < -0.3 is 21.7 Å². The number of hydrogen-bond acceptors (Lipinski definition) is 9. The van der Waals surface area contributed by atoms with E-state index < -0.39 is 35.3 Å². The van der Waals surface area contributed by atoms with Crippen molar-refractivity contribution in [3.8, 4) is 0 Å². The third-order valence-electron chi connectivity index (χ3n) is 4.13. The van der Waals surface area contributed by atoms with Crippen molar-refractivity contribution in [3.63, 3.8) is 0 Å². The van der Waals surface area contributed by atoms with Gasteiger partial charge in [0.2, 0.25) is 5.91 Å². The number of carbonyl (C=O) groups excluding carboxylic acids is 2. The van der Waals surface area contributed by atoms with Gasteiger partial charge in [-0.1, -0.05) is 0 Å². The van der Waals surface area contributed by atoms with Crippen molar-refractivity contribution in [1.82, 2.24) is 20.5 Å². The predicted octanol–water partition coefficient (Wildman–Crippen LogP) is 1.75. The summed E-state index contributed by atoms with van der Waals surface area (Å²) in [5.74, 6) is -2.01. The van der Waals surface area contributed by atoms with Gasteiger partial charge in [-0.15, -0.1) is 10.2 Å². The number of carbonyl (C=O) groups is 2. The highest BCUT2D eigenvalue weighted by molar-refractivity contribution is 9.10. The fourth-order valence-corrected chi connectivity index (χ4v) is 3.75. The monoisotopic (exact) mass is 502 g/mol. The number of nitrogens with one attached hydrogen (secondary N) is 3. The van der Waals surface area contributed by atoms with E-state index in [0.717, 1.165) is 6.26 Å². The van der Waals surface area contributed by atoms with Crippen molar-refractivity contribution in [2.24, 2.45) is 10.3 Å². The van der Waals surface area contributed by atoms with E-state index in [1.807, 2.05) is 0 Å². The Kier molecular flexibility index (Phi) is 4.28. The summed E-state index contributed by atoms with van der Waals surface area (Å²) in [5, 5.41) is 14.5. The van der Waals surface area contributed by atoms with Crippen LogP contribution in [0.1, 0.15) is 31.6 Å². The van der Waals surface area contributed by atoms with Gasteiger partial charge in [0.1, 0.15) is 11.6 Å². The van der Waals surface area contributed by atoms with Gasteiger partial charge >= 0.3 is 0 Å². The predicted molar refractivity (Wildman–Crippen MR) is 117 cm³/mol. The molecule has 30 heavy (non-hydrogen) atoms. The third kappa shape index (κ3) is 4.67. The van der Waals surface area contributed by atoms with E-state index in [9.17, 15) is 13.8 Å². The van der Waals surface area contributed by atoms with Crippen LogP contribution in [-0.4, -0.2) is 51.4 Å². The highest BCUT2D eigenvalue weighted by Gasteiger charge is 2.30. The fraction of sp³-hybridized carbons (Fsp3) is 0.353. The number of halogens is 1. The highest BCUT2D eigenvalue weighted by Crippen LogP contribution is 2.32. The smallest absolute Gasteiger partial charge is 0.273 e. The molecule has 2 aromatic rings. The van der Waals surface area contributed by atoms with Crippen molar-refractivity contribution in [2.45, 2.75) is 17.7 Å². The summed E-state index contributed by atoms with van der Waals surface area (Å²) in [4.78, 5) is 28.7. The summed E-state index contributed by atoms with van der Waals surface area (Å²) >= 11 is 3.15. The molecule has 0 spiro atoms. The Bertz CT molecular complexity index is 1340. The number of amides is 2. The molecule has 11 nitrogen and oxygen atoms in total. The zero-order valence-electron chi connectivity index (χ0n) is 21.5. The van der Waals surface area contributed by atoms with Gasteiger partial charge in [0.25, 0.3) is 5.91 Å². The molecular weight excluding hydrogens is 476 g/mol. The van der Waals surface area contributed by atoms with Crippen molar-refractivity contribution in [3.05, 3.63) is 22.3 Å². The molecule has 2 amide bonds. The van der Waals surface area contributed by atoms with Crippen LogP contribution in [0.2, 0.25) is 0 Å². The molecule has 1 fully saturated rings. The molecule has 13 heteroatoms. The first-order valence-corrected chi connectivity index (χ1v) is 11.1. The van der Waals surface area contributed by atoms with Crippen molar-refractivity contribution in [2.75, 3.05) is 36.6 Å². The minimum absolute atomic E-state index is 0.0594.